The number of hydrogen-bond acceptors (Lipinski definition) is 2. The van der Waals surface area contributed by atoms with Gasteiger partial charge in [-0.1, -0.05) is 37.3 Å². The lowest BCUT2D eigenvalue weighted by Gasteiger charge is -2.25. The number of amides is 1. The maximum Gasteiger partial charge on any atom is 0.240 e. The molecule has 0 aliphatic carbocycles. The summed E-state index contributed by atoms with van der Waals surface area (Å²) >= 11 is 0. The van der Waals surface area contributed by atoms with Crippen LogP contribution in [-0.4, -0.2) is 29.9 Å². The maximum absolute atomic E-state index is 12.4. The zero-order valence-electron chi connectivity index (χ0n) is 11.5. The van der Waals surface area contributed by atoms with Crippen LogP contribution in [-0.2, 0) is 11.3 Å². The quantitative estimate of drug-likeness (QED) is 0.900. The van der Waals surface area contributed by atoms with Crippen LogP contribution in [0.1, 0.15) is 31.7 Å². The minimum atomic E-state index is 0. The van der Waals surface area contributed by atoms with E-state index in [9.17, 15) is 4.79 Å². The Kier molecular flexibility index (Phi) is 6.89. The highest BCUT2D eigenvalue weighted by atomic mass is 35.5. The SMILES string of the molecule is CCCN(Cc1ccccc1)C(=O)[C@@H]1CCCN1.Cl. The van der Waals surface area contributed by atoms with Gasteiger partial charge in [0.15, 0.2) is 0 Å². The molecule has 1 atom stereocenters. The van der Waals surface area contributed by atoms with Gasteiger partial charge in [-0.25, -0.2) is 0 Å². The molecule has 1 aromatic carbocycles. The van der Waals surface area contributed by atoms with E-state index in [4.69, 9.17) is 0 Å². The van der Waals surface area contributed by atoms with Crippen LogP contribution in [0.3, 0.4) is 0 Å². The molecule has 0 spiro atoms. The summed E-state index contributed by atoms with van der Waals surface area (Å²) in [5.41, 5.74) is 1.21. The molecule has 1 aromatic rings. The zero-order valence-corrected chi connectivity index (χ0v) is 12.3. The van der Waals surface area contributed by atoms with Crippen molar-refractivity contribution in [3.63, 3.8) is 0 Å². The molecule has 0 bridgehead atoms. The molecule has 1 heterocycles. The monoisotopic (exact) mass is 282 g/mol. The molecule has 0 unspecified atom stereocenters. The van der Waals surface area contributed by atoms with Crippen molar-refractivity contribution < 1.29 is 4.79 Å². The maximum atomic E-state index is 12.4. The summed E-state index contributed by atoms with van der Waals surface area (Å²) in [5.74, 6) is 0.262. The number of rotatable bonds is 5. The van der Waals surface area contributed by atoms with Crippen LogP contribution in [0, 0.1) is 0 Å². The highest BCUT2D eigenvalue weighted by molar-refractivity contribution is 5.85. The lowest BCUT2D eigenvalue weighted by molar-refractivity contribution is -0.133. The molecule has 0 saturated carbocycles. The van der Waals surface area contributed by atoms with E-state index in [-0.39, 0.29) is 24.4 Å². The van der Waals surface area contributed by atoms with Gasteiger partial charge in [0.05, 0.1) is 6.04 Å². The summed E-state index contributed by atoms with van der Waals surface area (Å²) in [5, 5.41) is 3.29. The molecule has 2 rings (SSSR count). The first-order chi connectivity index (χ1) is 8.81. The van der Waals surface area contributed by atoms with Crippen LogP contribution < -0.4 is 5.32 Å². The molecule has 106 valence electrons. The minimum Gasteiger partial charge on any atom is -0.337 e. The highest BCUT2D eigenvalue weighted by Crippen LogP contribution is 2.12. The van der Waals surface area contributed by atoms with Gasteiger partial charge in [0.25, 0.3) is 0 Å². The minimum absolute atomic E-state index is 0. The van der Waals surface area contributed by atoms with Crippen molar-refractivity contribution in [2.24, 2.45) is 0 Å². The lowest BCUT2D eigenvalue weighted by atomic mass is 10.1. The predicted molar refractivity (Wildman–Crippen MR) is 80.4 cm³/mol. The molecule has 0 radical (unpaired) electrons. The first-order valence-electron chi connectivity index (χ1n) is 6.87. The molecule has 1 saturated heterocycles. The Labute approximate surface area is 121 Å². The molecular weight excluding hydrogens is 260 g/mol. The van der Waals surface area contributed by atoms with Crippen molar-refractivity contribution in [3.05, 3.63) is 35.9 Å². The third-order valence-electron chi connectivity index (χ3n) is 3.38. The zero-order chi connectivity index (χ0) is 12.8. The van der Waals surface area contributed by atoms with Gasteiger partial charge < -0.3 is 10.2 Å². The van der Waals surface area contributed by atoms with E-state index in [1.807, 2.05) is 23.1 Å². The van der Waals surface area contributed by atoms with E-state index in [0.29, 0.717) is 0 Å². The van der Waals surface area contributed by atoms with E-state index in [0.717, 1.165) is 38.9 Å². The van der Waals surface area contributed by atoms with Crippen molar-refractivity contribution in [1.82, 2.24) is 10.2 Å². The standard InChI is InChI=1S/C15H22N2O.ClH/c1-2-11-17(12-13-7-4-3-5-8-13)15(18)14-9-6-10-16-14;/h3-5,7-8,14,16H,2,6,9-12H2,1H3;1H/t14-;/m0./s1. The number of carbonyl (C=O) groups excluding carboxylic acids is 1. The van der Waals surface area contributed by atoms with Crippen LogP contribution in [0.5, 0.6) is 0 Å². The van der Waals surface area contributed by atoms with Crippen LogP contribution in [0.15, 0.2) is 30.3 Å². The van der Waals surface area contributed by atoms with Gasteiger partial charge in [0.1, 0.15) is 0 Å². The molecule has 19 heavy (non-hydrogen) atoms. The number of nitrogens with zero attached hydrogens (tertiary/aromatic N) is 1. The topological polar surface area (TPSA) is 32.3 Å². The molecule has 4 heteroatoms. The van der Waals surface area contributed by atoms with Crippen molar-refractivity contribution in [3.8, 4) is 0 Å². The second-order valence-electron chi connectivity index (χ2n) is 4.89. The summed E-state index contributed by atoms with van der Waals surface area (Å²) in [6, 6.07) is 10.3. The Hall–Kier alpha value is -1.06. The van der Waals surface area contributed by atoms with Crippen molar-refractivity contribution >= 4 is 18.3 Å². The first kappa shape index (κ1) is 16.0. The van der Waals surface area contributed by atoms with Gasteiger partial charge in [-0.3, -0.25) is 4.79 Å². The third kappa shape index (κ3) is 4.51. The summed E-state index contributed by atoms with van der Waals surface area (Å²) < 4.78 is 0. The molecular formula is C15H23ClN2O. The number of carbonyl (C=O) groups is 1. The van der Waals surface area contributed by atoms with Crippen LogP contribution >= 0.6 is 12.4 Å². The Morgan fingerprint density at radius 2 is 2.11 bits per heavy atom. The van der Waals surface area contributed by atoms with Crippen LogP contribution in [0.4, 0.5) is 0 Å². The van der Waals surface area contributed by atoms with Crippen molar-refractivity contribution in [2.45, 2.75) is 38.8 Å². The van der Waals surface area contributed by atoms with Gasteiger partial charge in [0, 0.05) is 13.1 Å². The van der Waals surface area contributed by atoms with Gasteiger partial charge in [-0.2, -0.15) is 0 Å². The summed E-state index contributed by atoms with van der Waals surface area (Å²) in [7, 11) is 0. The second kappa shape index (κ2) is 8.18. The van der Waals surface area contributed by atoms with Gasteiger partial charge >= 0.3 is 0 Å². The van der Waals surface area contributed by atoms with Gasteiger partial charge in [-0.15, -0.1) is 12.4 Å². The smallest absolute Gasteiger partial charge is 0.240 e. The Morgan fingerprint density at radius 3 is 2.68 bits per heavy atom. The summed E-state index contributed by atoms with van der Waals surface area (Å²) in [6.07, 6.45) is 3.10. The average Bonchev–Trinajstić information content (AvgIpc) is 2.92. The van der Waals surface area contributed by atoms with Crippen molar-refractivity contribution in [1.29, 1.82) is 0 Å². The van der Waals surface area contributed by atoms with E-state index in [1.165, 1.54) is 5.56 Å². The van der Waals surface area contributed by atoms with Crippen LogP contribution in [0.25, 0.3) is 0 Å². The van der Waals surface area contributed by atoms with E-state index in [2.05, 4.69) is 24.4 Å². The fourth-order valence-corrected chi connectivity index (χ4v) is 2.46. The van der Waals surface area contributed by atoms with E-state index >= 15 is 0 Å². The van der Waals surface area contributed by atoms with Crippen molar-refractivity contribution in [2.75, 3.05) is 13.1 Å². The number of halogens is 1. The molecule has 1 aliphatic heterocycles. The normalized spacial score (nSPS) is 17.8. The molecule has 1 aliphatic rings. The number of hydrogen-bond donors (Lipinski definition) is 1. The van der Waals surface area contributed by atoms with E-state index in [1.54, 1.807) is 0 Å². The average molecular weight is 283 g/mol. The molecule has 0 aromatic heterocycles. The number of benzene rings is 1. The Bertz CT molecular complexity index is 377. The highest BCUT2D eigenvalue weighted by Gasteiger charge is 2.26. The Balaban J connectivity index is 0.00000180. The van der Waals surface area contributed by atoms with E-state index < -0.39 is 0 Å². The molecule has 3 nitrogen and oxygen atoms in total. The van der Waals surface area contributed by atoms with Gasteiger partial charge in [0.2, 0.25) is 5.91 Å². The predicted octanol–water partition coefficient (Wildman–Crippen LogP) is 2.60. The second-order valence-corrected chi connectivity index (χ2v) is 4.89. The first-order valence-corrected chi connectivity index (χ1v) is 6.87. The van der Waals surface area contributed by atoms with Crippen LogP contribution in [0.2, 0.25) is 0 Å². The lowest BCUT2D eigenvalue weighted by Crippen LogP contribution is -2.43. The fourth-order valence-electron chi connectivity index (χ4n) is 2.46. The molecule has 1 N–H and O–H groups in total. The number of nitrogens with one attached hydrogen (secondary N) is 1. The largest absolute Gasteiger partial charge is 0.337 e. The summed E-state index contributed by atoms with van der Waals surface area (Å²) in [4.78, 5) is 14.4. The molecule has 1 fully saturated rings. The summed E-state index contributed by atoms with van der Waals surface area (Å²) in [6.45, 7) is 4.66. The van der Waals surface area contributed by atoms with Gasteiger partial charge in [-0.05, 0) is 31.4 Å². The molecule has 1 amide bonds. The third-order valence-corrected chi connectivity index (χ3v) is 3.38. The fraction of sp³-hybridized carbons (Fsp3) is 0.533. The Morgan fingerprint density at radius 1 is 1.37 bits per heavy atom.